The van der Waals surface area contributed by atoms with Crippen LogP contribution in [0.25, 0.3) is 0 Å². The van der Waals surface area contributed by atoms with Crippen LogP contribution in [0, 0.1) is 0 Å². The SMILES string of the molecule is CN(C)CCC1CCCN1.Cl.Cl. The number of nitrogens with zero attached hydrogens (tertiary/aromatic N) is 1. The molecule has 1 aliphatic heterocycles. The van der Waals surface area contributed by atoms with E-state index in [0.717, 1.165) is 6.04 Å². The second-order valence-electron chi connectivity index (χ2n) is 3.39. The van der Waals surface area contributed by atoms with Crippen LogP contribution in [0.15, 0.2) is 0 Å². The summed E-state index contributed by atoms with van der Waals surface area (Å²) in [5.74, 6) is 0. The zero-order valence-corrected chi connectivity index (χ0v) is 9.51. The van der Waals surface area contributed by atoms with Crippen LogP contribution >= 0.6 is 24.8 Å². The van der Waals surface area contributed by atoms with Crippen molar-refractivity contribution in [3.05, 3.63) is 0 Å². The number of hydrogen-bond donors (Lipinski definition) is 1. The molecule has 0 bridgehead atoms. The molecule has 0 saturated carbocycles. The van der Waals surface area contributed by atoms with Gasteiger partial charge < -0.3 is 10.2 Å². The first-order valence-electron chi connectivity index (χ1n) is 4.17. The highest BCUT2D eigenvalue weighted by Gasteiger charge is 2.12. The van der Waals surface area contributed by atoms with Crippen molar-refractivity contribution < 1.29 is 0 Å². The molecule has 0 radical (unpaired) electrons. The third kappa shape index (κ3) is 6.06. The van der Waals surface area contributed by atoms with Gasteiger partial charge in [-0.2, -0.15) is 0 Å². The molecule has 1 saturated heterocycles. The fourth-order valence-corrected chi connectivity index (χ4v) is 1.42. The Morgan fingerprint density at radius 1 is 1.33 bits per heavy atom. The average molecular weight is 215 g/mol. The molecule has 1 heterocycles. The summed E-state index contributed by atoms with van der Waals surface area (Å²) in [6.07, 6.45) is 4.07. The molecule has 4 heteroatoms. The summed E-state index contributed by atoms with van der Waals surface area (Å²) in [5.41, 5.74) is 0. The van der Waals surface area contributed by atoms with Crippen LogP contribution in [-0.4, -0.2) is 38.1 Å². The Morgan fingerprint density at radius 3 is 2.42 bits per heavy atom. The molecule has 1 rings (SSSR count). The average Bonchev–Trinajstić information content (AvgIpc) is 2.34. The van der Waals surface area contributed by atoms with Gasteiger partial charge in [-0.05, 0) is 46.4 Å². The van der Waals surface area contributed by atoms with Gasteiger partial charge in [0.1, 0.15) is 0 Å². The summed E-state index contributed by atoms with van der Waals surface area (Å²) in [6, 6.07) is 0.808. The van der Waals surface area contributed by atoms with E-state index in [1.54, 1.807) is 0 Å². The number of halogens is 2. The van der Waals surface area contributed by atoms with Gasteiger partial charge in [0.15, 0.2) is 0 Å². The molecular formula is C8H20Cl2N2. The van der Waals surface area contributed by atoms with E-state index >= 15 is 0 Å². The van der Waals surface area contributed by atoms with Crippen LogP contribution in [0.2, 0.25) is 0 Å². The molecular weight excluding hydrogens is 195 g/mol. The van der Waals surface area contributed by atoms with Gasteiger partial charge in [-0.3, -0.25) is 0 Å². The number of rotatable bonds is 3. The molecule has 1 fully saturated rings. The van der Waals surface area contributed by atoms with Crippen molar-refractivity contribution in [3.63, 3.8) is 0 Å². The van der Waals surface area contributed by atoms with E-state index in [9.17, 15) is 0 Å². The van der Waals surface area contributed by atoms with Gasteiger partial charge >= 0.3 is 0 Å². The van der Waals surface area contributed by atoms with E-state index in [2.05, 4.69) is 24.3 Å². The smallest absolute Gasteiger partial charge is 0.00797 e. The van der Waals surface area contributed by atoms with Crippen LogP contribution in [-0.2, 0) is 0 Å². The summed E-state index contributed by atoms with van der Waals surface area (Å²) in [7, 11) is 4.27. The standard InChI is InChI=1S/C8H18N2.2ClH/c1-10(2)7-5-8-4-3-6-9-8;;/h8-9H,3-7H2,1-2H3;2*1H. The second kappa shape index (κ2) is 8.11. The van der Waals surface area contributed by atoms with Gasteiger partial charge in [-0.1, -0.05) is 0 Å². The Kier molecular flexibility index (Phi) is 10.1. The lowest BCUT2D eigenvalue weighted by Crippen LogP contribution is -2.26. The lowest BCUT2D eigenvalue weighted by Gasteiger charge is -2.13. The van der Waals surface area contributed by atoms with Gasteiger partial charge in [-0.15, -0.1) is 24.8 Å². The molecule has 1 atom stereocenters. The minimum Gasteiger partial charge on any atom is -0.314 e. The fourth-order valence-electron chi connectivity index (χ4n) is 1.42. The van der Waals surface area contributed by atoms with E-state index in [1.165, 1.54) is 32.4 Å². The molecule has 76 valence electrons. The van der Waals surface area contributed by atoms with Gasteiger partial charge in [0, 0.05) is 6.04 Å². The van der Waals surface area contributed by atoms with E-state index in [0.29, 0.717) is 0 Å². The van der Waals surface area contributed by atoms with Gasteiger partial charge in [-0.25, -0.2) is 0 Å². The first-order chi connectivity index (χ1) is 4.79. The molecule has 0 aromatic rings. The maximum absolute atomic E-state index is 3.49. The van der Waals surface area contributed by atoms with E-state index in [4.69, 9.17) is 0 Å². The van der Waals surface area contributed by atoms with Gasteiger partial charge in [0.05, 0.1) is 0 Å². The molecule has 0 amide bonds. The van der Waals surface area contributed by atoms with Crippen LogP contribution in [0.1, 0.15) is 19.3 Å². The Hall–Kier alpha value is 0.500. The maximum Gasteiger partial charge on any atom is 0.00797 e. The minimum atomic E-state index is 0. The Morgan fingerprint density at radius 2 is 2.00 bits per heavy atom. The third-order valence-electron chi connectivity index (χ3n) is 2.09. The number of nitrogens with one attached hydrogen (secondary N) is 1. The fraction of sp³-hybridized carbons (Fsp3) is 1.00. The van der Waals surface area contributed by atoms with Crippen molar-refractivity contribution in [1.82, 2.24) is 10.2 Å². The normalized spacial score (nSPS) is 21.8. The van der Waals surface area contributed by atoms with Crippen molar-refractivity contribution in [2.24, 2.45) is 0 Å². The predicted octanol–water partition coefficient (Wildman–Crippen LogP) is 1.53. The highest BCUT2D eigenvalue weighted by molar-refractivity contribution is 5.85. The minimum absolute atomic E-state index is 0. The molecule has 0 aromatic heterocycles. The molecule has 0 aliphatic carbocycles. The van der Waals surface area contributed by atoms with Gasteiger partial charge in [0.25, 0.3) is 0 Å². The van der Waals surface area contributed by atoms with Crippen molar-refractivity contribution in [2.45, 2.75) is 25.3 Å². The van der Waals surface area contributed by atoms with E-state index < -0.39 is 0 Å². The third-order valence-corrected chi connectivity index (χ3v) is 2.09. The molecule has 2 nitrogen and oxygen atoms in total. The Labute approximate surface area is 87.9 Å². The summed E-state index contributed by atoms with van der Waals surface area (Å²) in [4.78, 5) is 2.25. The molecule has 12 heavy (non-hydrogen) atoms. The van der Waals surface area contributed by atoms with Crippen molar-refractivity contribution in [1.29, 1.82) is 0 Å². The van der Waals surface area contributed by atoms with Crippen LogP contribution in [0.5, 0.6) is 0 Å². The van der Waals surface area contributed by atoms with Crippen LogP contribution in [0.3, 0.4) is 0 Å². The van der Waals surface area contributed by atoms with Crippen molar-refractivity contribution in [2.75, 3.05) is 27.2 Å². The quantitative estimate of drug-likeness (QED) is 0.768. The van der Waals surface area contributed by atoms with E-state index in [-0.39, 0.29) is 24.8 Å². The zero-order chi connectivity index (χ0) is 7.40. The largest absolute Gasteiger partial charge is 0.314 e. The van der Waals surface area contributed by atoms with Crippen LogP contribution < -0.4 is 5.32 Å². The first-order valence-corrected chi connectivity index (χ1v) is 4.17. The maximum atomic E-state index is 3.49. The van der Waals surface area contributed by atoms with Crippen molar-refractivity contribution >= 4 is 24.8 Å². The van der Waals surface area contributed by atoms with Crippen molar-refractivity contribution in [3.8, 4) is 0 Å². The van der Waals surface area contributed by atoms with Gasteiger partial charge in [0.2, 0.25) is 0 Å². The summed E-state index contributed by atoms with van der Waals surface area (Å²) >= 11 is 0. The molecule has 1 unspecified atom stereocenters. The molecule has 1 N–H and O–H groups in total. The highest BCUT2D eigenvalue weighted by Crippen LogP contribution is 2.08. The molecule has 0 aromatic carbocycles. The summed E-state index contributed by atoms with van der Waals surface area (Å²) in [6.45, 7) is 2.45. The lowest BCUT2D eigenvalue weighted by atomic mass is 10.1. The second-order valence-corrected chi connectivity index (χ2v) is 3.39. The summed E-state index contributed by atoms with van der Waals surface area (Å²) < 4.78 is 0. The Balaban J connectivity index is 0. The number of hydrogen-bond acceptors (Lipinski definition) is 2. The van der Waals surface area contributed by atoms with E-state index in [1.807, 2.05) is 0 Å². The topological polar surface area (TPSA) is 15.3 Å². The monoisotopic (exact) mass is 214 g/mol. The molecule has 0 spiro atoms. The first kappa shape index (κ1) is 15.0. The Bertz CT molecular complexity index is 93.1. The highest BCUT2D eigenvalue weighted by atomic mass is 35.5. The predicted molar refractivity (Wildman–Crippen MR) is 58.7 cm³/mol. The molecule has 1 aliphatic rings. The van der Waals surface area contributed by atoms with Crippen LogP contribution in [0.4, 0.5) is 0 Å². The summed E-state index contributed by atoms with van der Waals surface area (Å²) in [5, 5.41) is 3.49. The lowest BCUT2D eigenvalue weighted by molar-refractivity contribution is 0.371. The zero-order valence-electron chi connectivity index (χ0n) is 7.88.